The van der Waals surface area contributed by atoms with Gasteiger partial charge in [-0.15, -0.1) is 0 Å². The van der Waals surface area contributed by atoms with Crippen LogP contribution in [0.1, 0.15) is 12.5 Å². The summed E-state index contributed by atoms with van der Waals surface area (Å²) in [6.45, 7) is 3.85. The van der Waals surface area contributed by atoms with Gasteiger partial charge in [-0.05, 0) is 30.7 Å². The summed E-state index contributed by atoms with van der Waals surface area (Å²) in [5.74, 6) is 1.13. The Morgan fingerprint density at radius 2 is 2.00 bits per heavy atom. The number of hydrogen-bond acceptors (Lipinski definition) is 3. The van der Waals surface area contributed by atoms with Gasteiger partial charge in [0.05, 0.1) is 0 Å². The topological polar surface area (TPSA) is 46.6 Å². The van der Waals surface area contributed by atoms with E-state index in [1.54, 1.807) is 0 Å². The van der Waals surface area contributed by atoms with E-state index in [1.807, 2.05) is 42.7 Å². The van der Waals surface area contributed by atoms with Crippen LogP contribution in [0.5, 0.6) is 0 Å². The maximum absolute atomic E-state index is 6.05. The minimum atomic E-state index is 0.792. The fourth-order valence-corrected chi connectivity index (χ4v) is 2.43. The average Bonchev–Trinajstić information content (AvgIpc) is 2.95. The standard InChI is InChI=1S/C16H18N4/c1-2-19(12-13-6-3-4-7-14(13)17)16-9-5-8-15-18-10-11-20(15)16/h3-11H,2,12,17H2,1H3. The van der Waals surface area contributed by atoms with E-state index in [2.05, 4.69) is 33.3 Å². The van der Waals surface area contributed by atoms with Crippen LogP contribution >= 0.6 is 0 Å². The van der Waals surface area contributed by atoms with Crippen LogP contribution in [0.4, 0.5) is 11.5 Å². The van der Waals surface area contributed by atoms with Crippen LogP contribution in [0.2, 0.25) is 0 Å². The lowest BCUT2D eigenvalue weighted by Crippen LogP contribution is -2.24. The molecule has 2 N–H and O–H groups in total. The minimum Gasteiger partial charge on any atom is -0.398 e. The van der Waals surface area contributed by atoms with E-state index in [0.29, 0.717) is 0 Å². The highest BCUT2D eigenvalue weighted by atomic mass is 15.2. The van der Waals surface area contributed by atoms with Crippen molar-refractivity contribution in [3.05, 3.63) is 60.4 Å². The van der Waals surface area contributed by atoms with Gasteiger partial charge >= 0.3 is 0 Å². The number of nitrogens with zero attached hydrogens (tertiary/aromatic N) is 3. The fraction of sp³-hybridized carbons (Fsp3) is 0.188. The number of pyridine rings is 1. The first kappa shape index (κ1) is 12.5. The zero-order valence-electron chi connectivity index (χ0n) is 11.5. The molecule has 3 aromatic rings. The molecular weight excluding hydrogens is 248 g/mol. The maximum Gasteiger partial charge on any atom is 0.138 e. The number of fused-ring (bicyclic) bond motifs is 1. The van der Waals surface area contributed by atoms with Crippen LogP contribution in [-0.4, -0.2) is 15.9 Å². The van der Waals surface area contributed by atoms with Crippen LogP contribution in [0, 0.1) is 0 Å². The van der Waals surface area contributed by atoms with E-state index in [4.69, 9.17) is 5.73 Å². The maximum atomic E-state index is 6.05. The third-order valence-electron chi connectivity index (χ3n) is 3.53. The van der Waals surface area contributed by atoms with Crippen molar-refractivity contribution in [3.63, 3.8) is 0 Å². The molecule has 0 saturated heterocycles. The summed E-state index contributed by atoms with van der Waals surface area (Å²) in [6.07, 6.45) is 3.81. The first-order valence-corrected chi connectivity index (χ1v) is 6.80. The zero-order chi connectivity index (χ0) is 13.9. The lowest BCUT2D eigenvalue weighted by atomic mass is 10.1. The van der Waals surface area contributed by atoms with Crippen molar-refractivity contribution < 1.29 is 0 Å². The Morgan fingerprint density at radius 3 is 2.80 bits per heavy atom. The van der Waals surface area contributed by atoms with Gasteiger partial charge in [-0.3, -0.25) is 4.40 Å². The van der Waals surface area contributed by atoms with E-state index in [-0.39, 0.29) is 0 Å². The third-order valence-corrected chi connectivity index (χ3v) is 3.53. The smallest absolute Gasteiger partial charge is 0.138 e. The second-order valence-electron chi connectivity index (χ2n) is 4.75. The molecule has 2 aromatic heterocycles. The van der Waals surface area contributed by atoms with Gasteiger partial charge in [0.15, 0.2) is 0 Å². The monoisotopic (exact) mass is 266 g/mol. The van der Waals surface area contributed by atoms with Crippen molar-refractivity contribution in [1.29, 1.82) is 0 Å². The average molecular weight is 266 g/mol. The van der Waals surface area contributed by atoms with Crippen LogP contribution in [0.15, 0.2) is 54.9 Å². The van der Waals surface area contributed by atoms with Crippen LogP contribution in [-0.2, 0) is 6.54 Å². The highest BCUT2D eigenvalue weighted by Crippen LogP contribution is 2.21. The first-order chi connectivity index (χ1) is 9.79. The Kier molecular flexibility index (Phi) is 3.29. The molecule has 0 spiro atoms. The highest BCUT2D eigenvalue weighted by Gasteiger charge is 2.10. The SMILES string of the molecule is CCN(Cc1ccccc1N)c1cccc2nccn12. The lowest BCUT2D eigenvalue weighted by Gasteiger charge is -2.24. The normalized spacial score (nSPS) is 10.8. The summed E-state index contributed by atoms with van der Waals surface area (Å²) in [6, 6.07) is 14.2. The number of rotatable bonds is 4. The molecule has 0 bridgehead atoms. The Bertz CT molecular complexity index is 717. The Labute approximate surface area is 118 Å². The molecule has 0 atom stereocenters. The van der Waals surface area contributed by atoms with Gasteiger partial charge in [-0.25, -0.2) is 4.98 Å². The molecule has 0 aliphatic rings. The summed E-state index contributed by atoms with van der Waals surface area (Å²) in [5, 5.41) is 0. The van der Waals surface area contributed by atoms with Gasteiger partial charge in [0, 0.05) is 31.2 Å². The molecular formula is C16H18N4. The summed E-state index contributed by atoms with van der Waals surface area (Å²) < 4.78 is 2.10. The van der Waals surface area contributed by atoms with E-state index >= 15 is 0 Å². The predicted octanol–water partition coefficient (Wildman–Crippen LogP) is 2.94. The van der Waals surface area contributed by atoms with E-state index in [1.165, 1.54) is 0 Å². The van der Waals surface area contributed by atoms with Gasteiger partial charge in [-0.1, -0.05) is 24.3 Å². The number of nitrogen functional groups attached to an aromatic ring is 1. The number of nitrogens with two attached hydrogens (primary N) is 1. The van der Waals surface area contributed by atoms with E-state index in [0.717, 1.165) is 35.8 Å². The largest absolute Gasteiger partial charge is 0.398 e. The molecule has 0 unspecified atom stereocenters. The van der Waals surface area contributed by atoms with Crippen molar-refractivity contribution in [2.45, 2.75) is 13.5 Å². The Hall–Kier alpha value is -2.49. The number of imidazole rings is 1. The molecule has 0 aliphatic carbocycles. The highest BCUT2D eigenvalue weighted by molar-refractivity contribution is 5.54. The summed E-state index contributed by atoms with van der Waals surface area (Å²) >= 11 is 0. The van der Waals surface area contributed by atoms with Crippen LogP contribution in [0.3, 0.4) is 0 Å². The van der Waals surface area contributed by atoms with Crippen molar-refractivity contribution >= 4 is 17.2 Å². The van der Waals surface area contributed by atoms with Crippen molar-refractivity contribution in [1.82, 2.24) is 9.38 Å². The van der Waals surface area contributed by atoms with Crippen LogP contribution in [0.25, 0.3) is 5.65 Å². The van der Waals surface area contributed by atoms with Gasteiger partial charge in [0.1, 0.15) is 11.5 Å². The van der Waals surface area contributed by atoms with Crippen LogP contribution < -0.4 is 10.6 Å². The molecule has 0 saturated carbocycles. The molecule has 1 aromatic carbocycles. The quantitative estimate of drug-likeness (QED) is 0.738. The molecule has 0 radical (unpaired) electrons. The molecule has 4 nitrogen and oxygen atoms in total. The lowest BCUT2D eigenvalue weighted by molar-refractivity contribution is 0.806. The minimum absolute atomic E-state index is 0.792. The summed E-state index contributed by atoms with van der Waals surface area (Å²) in [4.78, 5) is 6.62. The predicted molar refractivity (Wildman–Crippen MR) is 82.8 cm³/mol. The number of benzene rings is 1. The molecule has 4 heteroatoms. The van der Waals surface area contributed by atoms with E-state index in [9.17, 15) is 0 Å². The molecule has 20 heavy (non-hydrogen) atoms. The number of hydrogen-bond donors (Lipinski definition) is 1. The number of aromatic nitrogens is 2. The van der Waals surface area contributed by atoms with Crippen molar-refractivity contribution in [3.8, 4) is 0 Å². The molecule has 102 valence electrons. The van der Waals surface area contributed by atoms with Crippen molar-refractivity contribution in [2.24, 2.45) is 0 Å². The fourth-order valence-electron chi connectivity index (χ4n) is 2.43. The Morgan fingerprint density at radius 1 is 1.15 bits per heavy atom. The second-order valence-corrected chi connectivity index (χ2v) is 4.75. The third kappa shape index (κ3) is 2.20. The molecule has 0 amide bonds. The Balaban J connectivity index is 1.98. The number of para-hydroxylation sites is 1. The summed E-state index contributed by atoms with van der Waals surface area (Å²) in [5.41, 5.74) is 8.99. The van der Waals surface area contributed by atoms with Gasteiger partial charge in [0.25, 0.3) is 0 Å². The molecule has 0 fully saturated rings. The molecule has 0 aliphatic heterocycles. The van der Waals surface area contributed by atoms with Crippen molar-refractivity contribution in [2.75, 3.05) is 17.2 Å². The molecule has 3 rings (SSSR count). The van der Waals surface area contributed by atoms with Gasteiger partial charge < -0.3 is 10.6 Å². The van der Waals surface area contributed by atoms with Gasteiger partial charge in [-0.2, -0.15) is 0 Å². The number of anilines is 2. The second kappa shape index (κ2) is 5.25. The first-order valence-electron chi connectivity index (χ1n) is 6.80. The zero-order valence-corrected chi connectivity index (χ0v) is 11.5. The van der Waals surface area contributed by atoms with E-state index < -0.39 is 0 Å². The van der Waals surface area contributed by atoms with Gasteiger partial charge in [0.2, 0.25) is 0 Å². The molecule has 2 heterocycles. The summed E-state index contributed by atoms with van der Waals surface area (Å²) in [7, 11) is 0.